The van der Waals surface area contributed by atoms with Crippen molar-refractivity contribution in [2.45, 2.75) is 11.4 Å². The van der Waals surface area contributed by atoms with E-state index >= 15 is 0 Å². The number of anilines is 1. The smallest absolute Gasteiger partial charge is 0.263 e. The van der Waals surface area contributed by atoms with Crippen LogP contribution in [0.15, 0.2) is 59.5 Å². The maximum atomic E-state index is 12.6. The van der Waals surface area contributed by atoms with Crippen LogP contribution in [-0.4, -0.2) is 49.0 Å². The summed E-state index contributed by atoms with van der Waals surface area (Å²) in [6.45, 7) is 3.59. The molecule has 1 aromatic heterocycles. The van der Waals surface area contributed by atoms with E-state index in [1.54, 1.807) is 12.1 Å². The van der Waals surface area contributed by atoms with E-state index in [2.05, 4.69) is 19.0 Å². The van der Waals surface area contributed by atoms with Crippen molar-refractivity contribution < 1.29 is 17.9 Å². The minimum Gasteiger partial charge on any atom is -0.457 e. The fourth-order valence-corrected chi connectivity index (χ4v) is 4.61. The van der Waals surface area contributed by atoms with Gasteiger partial charge in [0.2, 0.25) is 5.13 Å². The average Bonchev–Trinajstić information content (AvgIpc) is 3.16. The number of aromatic nitrogens is 2. The van der Waals surface area contributed by atoms with Gasteiger partial charge >= 0.3 is 0 Å². The molecule has 0 atom stereocenters. The zero-order valence-electron chi connectivity index (χ0n) is 15.5. The minimum absolute atomic E-state index is 0.128. The number of nitrogens with one attached hydrogen (secondary N) is 1. The molecular formula is C19H20N4O4S2. The van der Waals surface area contributed by atoms with Crippen molar-refractivity contribution in [1.29, 1.82) is 0 Å². The third kappa shape index (κ3) is 5.30. The van der Waals surface area contributed by atoms with Crippen LogP contribution in [-0.2, 0) is 21.3 Å². The van der Waals surface area contributed by atoms with E-state index < -0.39 is 10.0 Å². The summed E-state index contributed by atoms with van der Waals surface area (Å²) >= 11 is 1.03. The van der Waals surface area contributed by atoms with E-state index in [0.717, 1.165) is 24.6 Å². The highest BCUT2D eigenvalue weighted by molar-refractivity contribution is 7.93. The molecule has 1 aliphatic rings. The second-order valence-electron chi connectivity index (χ2n) is 6.40. The van der Waals surface area contributed by atoms with Gasteiger partial charge in [-0.15, -0.1) is 0 Å². The highest BCUT2D eigenvalue weighted by Gasteiger charge is 2.18. The van der Waals surface area contributed by atoms with Gasteiger partial charge < -0.3 is 9.47 Å². The monoisotopic (exact) mass is 432 g/mol. The predicted octanol–water partition coefficient (Wildman–Crippen LogP) is 2.96. The van der Waals surface area contributed by atoms with Gasteiger partial charge in [-0.3, -0.25) is 9.62 Å². The second kappa shape index (κ2) is 8.87. The Morgan fingerprint density at radius 2 is 1.72 bits per heavy atom. The molecule has 152 valence electrons. The Hall–Kier alpha value is -2.53. The number of sulfonamides is 1. The molecule has 0 spiro atoms. The number of benzene rings is 2. The van der Waals surface area contributed by atoms with Gasteiger partial charge in [0.05, 0.1) is 24.7 Å². The van der Waals surface area contributed by atoms with Crippen LogP contribution >= 0.6 is 11.5 Å². The Morgan fingerprint density at radius 1 is 1.03 bits per heavy atom. The molecule has 3 aromatic rings. The maximum Gasteiger partial charge on any atom is 0.263 e. The van der Waals surface area contributed by atoms with Gasteiger partial charge in [0.25, 0.3) is 10.0 Å². The third-order valence-corrected chi connectivity index (χ3v) is 6.42. The summed E-state index contributed by atoms with van der Waals surface area (Å²) in [5.74, 6) is 1.84. The summed E-state index contributed by atoms with van der Waals surface area (Å²) in [4.78, 5) is 6.60. The lowest BCUT2D eigenvalue weighted by Crippen LogP contribution is -2.35. The first-order chi connectivity index (χ1) is 14.1. The molecule has 0 aliphatic carbocycles. The van der Waals surface area contributed by atoms with Crippen molar-refractivity contribution in [3.8, 4) is 11.5 Å². The third-order valence-electron chi connectivity index (χ3n) is 4.27. The van der Waals surface area contributed by atoms with Crippen LogP contribution in [0.5, 0.6) is 11.5 Å². The summed E-state index contributed by atoms with van der Waals surface area (Å²) in [7, 11) is -3.75. The average molecular weight is 433 g/mol. The van der Waals surface area contributed by atoms with Crippen molar-refractivity contribution in [2.75, 3.05) is 31.0 Å². The van der Waals surface area contributed by atoms with Crippen LogP contribution < -0.4 is 9.46 Å². The molecule has 4 rings (SSSR count). The lowest BCUT2D eigenvalue weighted by atomic mass is 10.3. The number of para-hydroxylation sites is 1. The lowest BCUT2D eigenvalue weighted by molar-refractivity contribution is 0.0332. The second-order valence-corrected chi connectivity index (χ2v) is 8.83. The first-order valence-electron chi connectivity index (χ1n) is 9.07. The van der Waals surface area contributed by atoms with Crippen LogP contribution in [0.25, 0.3) is 0 Å². The largest absolute Gasteiger partial charge is 0.457 e. The molecule has 1 fully saturated rings. The quantitative estimate of drug-likeness (QED) is 0.613. The lowest BCUT2D eigenvalue weighted by Gasteiger charge is -2.25. The fourth-order valence-electron chi connectivity index (χ4n) is 2.80. The van der Waals surface area contributed by atoms with Crippen molar-refractivity contribution in [1.82, 2.24) is 14.3 Å². The highest BCUT2D eigenvalue weighted by atomic mass is 32.2. The van der Waals surface area contributed by atoms with Crippen LogP contribution in [0, 0.1) is 0 Å². The van der Waals surface area contributed by atoms with Gasteiger partial charge in [-0.1, -0.05) is 18.2 Å². The van der Waals surface area contributed by atoms with E-state index in [4.69, 9.17) is 9.47 Å². The molecule has 2 heterocycles. The molecule has 0 radical (unpaired) electrons. The van der Waals surface area contributed by atoms with E-state index in [1.807, 2.05) is 30.3 Å². The Kier molecular flexibility index (Phi) is 6.05. The van der Waals surface area contributed by atoms with Crippen molar-refractivity contribution >= 4 is 26.7 Å². The SMILES string of the molecule is O=S(=O)(Nc1nc(CN2CCOCC2)ns1)c1ccc(Oc2ccccc2)cc1. The van der Waals surface area contributed by atoms with E-state index in [-0.39, 0.29) is 10.0 Å². The first-order valence-corrected chi connectivity index (χ1v) is 11.3. The van der Waals surface area contributed by atoms with Crippen LogP contribution in [0.3, 0.4) is 0 Å². The molecule has 29 heavy (non-hydrogen) atoms. The van der Waals surface area contributed by atoms with Gasteiger partial charge in [0.1, 0.15) is 11.5 Å². The van der Waals surface area contributed by atoms with E-state index in [9.17, 15) is 8.42 Å². The standard InChI is InChI=1S/C19H20N4O4S2/c24-29(25,17-8-6-16(7-9-17)27-15-4-2-1-3-5-15)22-19-20-18(21-28-19)14-23-10-12-26-13-11-23/h1-9H,10-14H2,(H,20,21,22). The molecule has 0 bridgehead atoms. The van der Waals surface area contributed by atoms with E-state index in [0.29, 0.717) is 37.1 Å². The normalized spacial score (nSPS) is 15.2. The Balaban J connectivity index is 1.39. The highest BCUT2D eigenvalue weighted by Crippen LogP contribution is 2.24. The van der Waals surface area contributed by atoms with Gasteiger partial charge in [-0.25, -0.2) is 13.4 Å². The predicted molar refractivity (Wildman–Crippen MR) is 110 cm³/mol. The molecule has 0 amide bonds. The summed E-state index contributed by atoms with van der Waals surface area (Å²) in [6, 6.07) is 15.5. The van der Waals surface area contributed by atoms with Gasteiger partial charge in [-0.2, -0.15) is 4.37 Å². The molecule has 10 heteroatoms. The molecule has 8 nitrogen and oxygen atoms in total. The molecule has 1 aliphatic heterocycles. The fraction of sp³-hybridized carbons (Fsp3) is 0.263. The summed E-state index contributed by atoms with van der Waals surface area (Å²) in [6.07, 6.45) is 0. The number of nitrogens with zero attached hydrogens (tertiary/aromatic N) is 3. The summed E-state index contributed by atoms with van der Waals surface area (Å²) < 4.78 is 43.0. The van der Waals surface area contributed by atoms with Crippen LogP contribution in [0.2, 0.25) is 0 Å². The summed E-state index contributed by atoms with van der Waals surface area (Å²) in [5, 5.41) is 0.248. The topological polar surface area (TPSA) is 93.7 Å². The van der Waals surface area contributed by atoms with Crippen molar-refractivity contribution in [3.05, 3.63) is 60.4 Å². The Morgan fingerprint density at radius 3 is 2.45 bits per heavy atom. The number of hydrogen-bond donors (Lipinski definition) is 1. The van der Waals surface area contributed by atoms with Crippen LogP contribution in [0.4, 0.5) is 5.13 Å². The van der Waals surface area contributed by atoms with Gasteiger partial charge in [0, 0.05) is 24.6 Å². The minimum atomic E-state index is -3.75. The van der Waals surface area contributed by atoms with Crippen molar-refractivity contribution in [3.63, 3.8) is 0 Å². The first kappa shape index (κ1) is 19.8. The van der Waals surface area contributed by atoms with Crippen molar-refractivity contribution in [2.24, 2.45) is 0 Å². The number of rotatable bonds is 7. The van der Waals surface area contributed by atoms with Gasteiger partial charge in [-0.05, 0) is 36.4 Å². The molecule has 1 N–H and O–H groups in total. The zero-order valence-corrected chi connectivity index (χ0v) is 17.2. The van der Waals surface area contributed by atoms with Crippen LogP contribution in [0.1, 0.15) is 5.82 Å². The number of morpholine rings is 1. The van der Waals surface area contributed by atoms with E-state index in [1.165, 1.54) is 12.1 Å². The molecule has 0 unspecified atom stereocenters. The molecular weight excluding hydrogens is 412 g/mol. The maximum absolute atomic E-state index is 12.6. The molecule has 0 saturated carbocycles. The summed E-state index contributed by atoms with van der Waals surface area (Å²) in [5.41, 5.74) is 0. The number of ether oxygens (including phenoxy) is 2. The zero-order chi connectivity index (χ0) is 20.1. The van der Waals surface area contributed by atoms with Gasteiger partial charge in [0.15, 0.2) is 5.82 Å². The molecule has 2 aromatic carbocycles. The molecule has 1 saturated heterocycles. The number of hydrogen-bond acceptors (Lipinski definition) is 8. The Labute approximate surface area is 173 Å². The Bertz CT molecular complexity index is 1030.